The first-order chi connectivity index (χ1) is 23.5. The van der Waals surface area contributed by atoms with E-state index in [-0.39, 0.29) is 6.07 Å². The number of carbonyl (C=O) groups is 1. The topological polar surface area (TPSA) is 117 Å². The lowest BCUT2D eigenvalue weighted by Gasteiger charge is -2.31. The lowest BCUT2D eigenvalue weighted by atomic mass is 9.82. The lowest BCUT2D eigenvalue weighted by molar-refractivity contribution is -0.163. The summed E-state index contributed by atoms with van der Waals surface area (Å²) in [5.41, 5.74) is 4.94. The largest absolute Gasteiger partial charge is 0.479 e. The molecular weight excluding hydrogens is 644 g/mol. The number of ether oxygens (including phenoxy) is 3. The van der Waals surface area contributed by atoms with Crippen LogP contribution in [0.15, 0.2) is 57.4 Å². The summed E-state index contributed by atoms with van der Waals surface area (Å²) < 4.78 is 28.6. The van der Waals surface area contributed by atoms with Gasteiger partial charge >= 0.3 is 5.97 Å². The van der Waals surface area contributed by atoms with Crippen molar-refractivity contribution in [2.45, 2.75) is 98.9 Å². The van der Waals surface area contributed by atoms with Crippen LogP contribution in [-0.2, 0) is 45.1 Å². The Morgan fingerprint density at radius 2 is 1.29 bits per heavy atom. The van der Waals surface area contributed by atoms with Gasteiger partial charge in [-0.05, 0) is 83.1 Å². The van der Waals surface area contributed by atoms with Gasteiger partial charge in [0, 0.05) is 30.6 Å². The third-order valence-corrected chi connectivity index (χ3v) is 8.94. The molecule has 0 bridgehead atoms. The number of hydrogen-bond acceptors (Lipinski definition) is 8. The first-order valence-corrected chi connectivity index (χ1v) is 17.8. The number of halogens is 1. The van der Waals surface area contributed by atoms with Crippen molar-refractivity contribution in [1.82, 2.24) is 9.97 Å². The average Bonchev–Trinajstić information content (AvgIpc) is 3.71. The van der Waals surface area contributed by atoms with E-state index < -0.39 is 11.6 Å². The molecule has 0 aliphatic heterocycles. The van der Waals surface area contributed by atoms with Gasteiger partial charge in [0.05, 0.1) is 19.8 Å². The molecule has 2 heterocycles. The molecule has 266 valence electrons. The van der Waals surface area contributed by atoms with Gasteiger partial charge in [0.1, 0.15) is 29.0 Å². The standard InChI is InChI=1S/C25H35NO5.C14H16ClNO2/c1-5-22-21(26-23(31-22)20-11-9-17(2)10-12-20)16-29-14-18-7-6-8-19(13-18)15-30-25(3,4)24(27)28;1-3-13-12(8-17-9-15)16-14(18-13)11-6-4-10(2)5-7-11/h9-12,18-19H,5-8,13-16H2,1-4H3,(H,27,28);4-7H,3,8-9H2,1-2H3/t18-,19+;/m1./s1. The summed E-state index contributed by atoms with van der Waals surface area (Å²) in [4.78, 5) is 20.4. The van der Waals surface area contributed by atoms with Crippen LogP contribution < -0.4 is 0 Å². The molecule has 2 aromatic heterocycles. The second-order valence-corrected chi connectivity index (χ2v) is 13.4. The molecule has 0 radical (unpaired) electrons. The Kier molecular flexibility index (Phi) is 14.4. The molecule has 5 rings (SSSR count). The molecule has 0 amide bonds. The first kappa shape index (κ1) is 38.3. The Morgan fingerprint density at radius 1 is 0.816 bits per heavy atom. The molecule has 4 aromatic rings. The van der Waals surface area contributed by atoms with Crippen molar-refractivity contribution in [2.24, 2.45) is 11.8 Å². The Bertz CT molecular complexity index is 1590. The molecule has 49 heavy (non-hydrogen) atoms. The predicted molar refractivity (Wildman–Crippen MR) is 190 cm³/mol. The number of alkyl halides is 1. The summed E-state index contributed by atoms with van der Waals surface area (Å²) in [6.07, 6.45) is 5.91. The number of oxazole rings is 2. The van der Waals surface area contributed by atoms with Crippen LogP contribution in [-0.4, -0.2) is 45.9 Å². The molecule has 1 aliphatic carbocycles. The van der Waals surface area contributed by atoms with Gasteiger partial charge in [-0.2, -0.15) is 0 Å². The third-order valence-electron chi connectivity index (χ3n) is 8.79. The van der Waals surface area contributed by atoms with Crippen molar-refractivity contribution in [1.29, 1.82) is 0 Å². The molecular formula is C39H51ClN2O7. The maximum Gasteiger partial charge on any atom is 0.335 e. The average molecular weight is 695 g/mol. The second kappa shape index (κ2) is 18.5. The van der Waals surface area contributed by atoms with E-state index in [1.807, 2.05) is 43.3 Å². The van der Waals surface area contributed by atoms with Gasteiger partial charge in [0.15, 0.2) is 5.60 Å². The number of aryl methyl sites for hydroxylation is 4. The quantitative estimate of drug-likeness (QED) is 0.121. The third kappa shape index (κ3) is 11.3. The van der Waals surface area contributed by atoms with Gasteiger partial charge in [-0.15, -0.1) is 0 Å². The minimum Gasteiger partial charge on any atom is -0.479 e. The highest BCUT2D eigenvalue weighted by Gasteiger charge is 2.31. The number of aliphatic carboxylic acids is 1. The molecule has 1 N–H and O–H groups in total. The first-order valence-electron chi connectivity index (χ1n) is 17.2. The zero-order valence-corrected chi connectivity index (χ0v) is 30.5. The van der Waals surface area contributed by atoms with Gasteiger partial charge in [-0.1, -0.05) is 67.3 Å². The summed E-state index contributed by atoms with van der Waals surface area (Å²) in [6, 6.07) is 16.4. The summed E-state index contributed by atoms with van der Waals surface area (Å²) >= 11 is 5.51. The zero-order chi connectivity index (χ0) is 35.4. The van der Waals surface area contributed by atoms with Crippen molar-refractivity contribution in [3.63, 3.8) is 0 Å². The molecule has 9 nitrogen and oxygen atoms in total. The summed E-state index contributed by atoms with van der Waals surface area (Å²) in [6.45, 7) is 13.4. The number of rotatable bonds is 15. The second-order valence-electron chi connectivity index (χ2n) is 13.2. The predicted octanol–water partition coefficient (Wildman–Crippen LogP) is 9.34. The molecule has 1 fully saturated rings. The Balaban J connectivity index is 0.000000254. The Labute approximate surface area is 295 Å². The van der Waals surface area contributed by atoms with Crippen LogP contribution in [0.25, 0.3) is 22.9 Å². The molecule has 10 heteroatoms. The lowest BCUT2D eigenvalue weighted by Crippen LogP contribution is -2.37. The molecule has 2 aromatic carbocycles. The van der Waals surface area contributed by atoms with Crippen LogP contribution >= 0.6 is 11.6 Å². The normalized spacial score (nSPS) is 16.3. The van der Waals surface area contributed by atoms with Crippen LogP contribution in [0.2, 0.25) is 0 Å². The minimum atomic E-state index is -1.14. The fourth-order valence-corrected chi connectivity index (χ4v) is 5.81. The van der Waals surface area contributed by atoms with Crippen LogP contribution in [0, 0.1) is 25.7 Å². The number of carboxylic acids is 1. The van der Waals surface area contributed by atoms with Crippen molar-refractivity contribution in [3.05, 3.63) is 82.6 Å². The fourth-order valence-electron chi connectivity index (χ4n) is 5.73. The maximum atomic E-state index is 11.2. The van der Waals surface area contributed by atoms with Gasteiger partial charge in [-0.3, -0.25) is 0 Å². The summed E-state index contributed by atoms with van der Waals surface area (Å²) in [7, 11) is 0. The number of aromatic nitrogens is 2. The number of hydrogen-bond donors (Lipinski definition) is 1. The number of benzene rings is 2. The van der Waals surface area contributed by atoms with Crippen molar-refractivity contribution >= 4 is 17.6 Å². The van der Waals surface area contributed by atoms with Crippen LogP contribution in [0.5, 0.6) is 0 Å². The van der Waals surface area contributed by atoms with Crippen molar-refractivity contribution < 1.29 is 32.9 Å². The summed E-state index contributed by atoms with van der Waals surface area (Å²) in [5, 5.41) is 9.22. The molecule has 0 spiro atoms. The van der Waals surface area contributed by atoms with E-state index in [1.54, 1.807) is 13.8 Å². The molecule has 2 atom stereocenters. The van der Waals surface area contributed by atoms with Crippen LogP contribution in [0.1, 0.15) is 87.4 Å². The maximum absolute atomic E-state index is 11.2. The van der Waals surface area contributed by atoms with E-state index in [9.17, 15) is 9.90 Å². The van der Waals surface area contributed by atoms with E-state index in [2.05, 4.69) is 42.9 Å². The van der Waals surface area contributed by atoms with E-state index in [1.165, 1.54) is 11.1 Å². The van der Waals surface area contributed by atoms with Crippen molar-refractivity contribution in [3.8, 4) is 22.9 Å². The summed E-state index contributed by atoms with van der Waals surface area (Å²) in [5.74, 6) is 2.94. The van der Waals surface area contributed by atoms with E-state index in [0.29, 0.717) is 50.0 Å². The highest BCUT2D eigenvalue weighted by atomic mass is 35.5. The number of nitrogens with zero attached hydrogens (tertiary/aromatic N) is 2. The van der Waals surface area contributed by atoms with E-state index in [0.717, 1.165) is 72.6 Å². The smallest absolute Gasteiger partial charge is 0.335 e. The molecule has 0 saturated heterocycles. The highest BCUT2D eigenvalue weighted by molar-refractivity contribution is 6.17. The zero-order valence-electron chi connectivity index (χ0n) is 29.7. The Morgan fingerprint density at radius 3 is 1.73 bits per heavy atom. The molecule has 0 unspecified atom stereocenters. The SMILES string of the molecule is CCc1oc(-c2ccc(C)cc2)nc1COCCl.CCc1oc(-c2ccc(C)cc2)nc1COC[C@@H]1CCC[C@H](COC(C)(C)C(=O)O)C1. The van der Waals surface area contributed by atoms with Crippen LogP contribution in [0.4, 0.5) is 0 Å². The monoisotopic (exact) mass is 694 g/mol. The van der Waals surface area contributed by atoms with Gasteiger partial charge in [0.2, 0.25) is 11.8 Å². The van der Waals surface area contributed by atoms with E-state index in [4.69, 9.17) is 34.6 Å². The number of carboxylic acid groups (broad SMARTS) is 1. The molecule has 1 saturated carbocycles. The van der Waals surface area contributed by atoms with Gasteiger partial charge < -0.3 is 28.2 Å². The van der Waals surface area contributed by atoms with Crippen LogP contribution in [0.3, 0.4) is 0 Å². The van der Waals surface area contributed by atoms with Gasteiger partial charge in [0.25, 0.3) is 0 Å². The minimum absolute atomic E-state index is 0.163. The van der Waals surface area contributed by atoms with E-state index >= 15 is 0 Å². The molecule has 1 aliphatic rings. The fraction of sp³-hybridized carbons (Fsp3) is 0.513. The van der Waals surface area contributed by atoms with Crippen molar-refractivity contribution in [2.75, 3.05) is 19.3 Å². The highest BCUT2D eigenvalue weighted by Crippen LogP contribution is 2.31. The Hall–Kier alpha value is -3.50. The van der Waals surface area contributed by atoms with Gasteiger partial charge in [-0.25, -0.2) is 14.8 Å².